The number of para-hydroxylation sites is 1. The molecule has 0 aliphatic heterocycles. The standard InChI is InChI=1S/C18H20N6O2/c1-11-16(12(2)21-18(20-11)23(3)4)22-15(25)9-24-10-19-14-8-6-5-7-13(14)17(24)26/h5-8,10H,9H2,1-4H3,(H,22,25). The molecular formula is C18H20N6O2. The van der Waals surface area contributed by atoms with Crippen LogP contribution in [0.4, 0.5) is 11.6 Å². The van der Waals surface area contributed by atoms with Crippen LogP contribution in [0.3, 0.4) is 0 Å². The van der Waals surface area contributed by atoms with Crippen molar-refractivity contribution in [1.29, 1.82) is 0 Å². The van der Waals surface area contributed by atoms with E-state index >= 15 is 0 Å². The maximum Gasteiger partial charge on any atom is 0.261 e. The van der Waals surface area contributed by atoms with Gasteiger partial charge in [0.15, 0.2) is 0 Å². The zero-order valence-corrected chi connectivity index (χ0v) is 15.1. The van der Waals surface area contributed by atoms with Gasteiger partial charge in [-0.1, -0.05) is 12.1 Å². The number of aromatic nitrogens is 4. The minimum Gasteiger partial charge on any atom is -0.347 e. The van der Waals surface area contributed by atoms with Gasteiger partial charge in [0.05, 0.1) is 34.3 Å². The van der Waals surface area contributed by atoms with Crippen LogP contribution in [0, 0.1) is 13.8 Å². The molecule has 0 radical (unpaired) electrons. The summed E-state index contributed by atoms with van der Waals surface area (Å²) >= 11 is 0. The smallest absolute Gasteiger partial charge is 0.261 e. The topological polar surface area (TPSA) is 93.0 Å². The molecule has 0 aliphatic rings. The number of hydrogen-bond acceptors (Lipinski definition) is 6. The van der Waals surface area contributed by atoms with E-state index in [1.165, 1.54) is 10.9 Å². The number of amides is 1. The molecule has 2 heterocycles. The molecule has 8 heteroatoms. The molecule has 0 spiro atoms. The van der Waals surface area contributed by atoms with E-state index in [1.807, 2.05) is 20.2 Å². The summed E-state index contributed by atoms with van der Waals surface area (Å²) in [5.41, 5.74) is 2.24. The van der Waals surface area contributed by atoms with E-state index in [0.717, 1.165) is 0 Å². The molecule has 0 aliphatic carbocycles. The SMILES string of the molecule is Cc1nc(N(C)C)nc(C)c1NC(=O)Cn1cnc2ccccc2c1=O. The van der Waals surface area contributed by atoms with Crippen molar-refractivity contribution in [1.82, 2.24) is 19.5 Å². The van der Waals surface area contributed by atoms with Gasteiger partial charge in [-0.3, -0.25) is 14.2 Å². The highest BCUT2D eigenvalue weighted by atomic mass is 16.2. The van der Waals surface area contributed by atoms with E-state index < -0.39 is 0 Å². The van der Waals surface area contributed by atoms with E-state index in [4.69, 9.17) is 0 Å². The maximum absolute atomic E-state index is 12.5. The van der Waals surface area contributed by atoms with Crippen molar-refractivity contribution in [3.05, 3.63) is 52.3 Å². The molecule has 134 valence electrons. The van der Waals surface area contributed by atoms with E-state index in [-0.39, 0.29) is 18.0 Å². The van der Waals surface area contributed by atoms with E-state index in [1.54, 1.807) is 36.9 Å². The molecule has 0 unspecified atom stereocenters. The van der Waals surface area contributed by atoms with Gasteiger partial charge in [-0.2, -0.15) is 0 Å². The van der Waals surface area contributed by atoms with Crippen molar-refractivity contribution >= 4 is 28.4 Å². The second kappa shape index (κ2) is 6.91. The predicted octanol–water partition coefficient (Wildman–Crippen LogP) is 1.51. The van der Waals surface area contributed by atoms with E-state index in [9.17, 15) is 9.59 Å². The minimum absolute atomic E-state index is 0.134. The number of nitrogens with zero attached hydrogens (tertiary/aromatic N) is 5. The van der Waals surface area contributed by atoms with Crippen LogP contribution in [0.15, 0.2) is 35.4 Å². The molecule has 0 saturated heterocycles. The number of fused-ring (bicyclic) bond motifs is 1. The van der Waals surface area contributed by atoms with Crippen molar-refractivity contribution < 1.29 is 4.79 Å². The third-order valence-corrected chi connectivity index (χ3v) is 3.97. The zero-order chi connectivity index (χ0) is 18.8. The first-order valence-corrected chi connectivity index (χ1v) is 8.13. The second-order valence-corrected chi connectivity index (χ2v) is 6.21. The monoisotopic (exact) mass is 352 g/mol. The van der Waals surface area contributed by atoms with Gasteiger partial charge in [0.1, 0.15) is 6.54 Å². The Balaban J connectivity index is 1.84. The van der Waals surface area contributed by atoms with Crippen molar-refractivity contribution in [3.63, 3.8) is 0 Å². The molecule has 2 aromatic heterocycles. The number of hydrogen-bond donors (Lipinski definition) is 1. The second-order valence-electron chi connectivity index (χ2n) is 6.21. The summed E-state index contributed by atoms with van der Waals surface area (Å²) in [7, 11) is 3.71. The fourth-order valence-corrected chi connectivity index (χ4v) is 2.63. The molecule has 0 fully saturated rings. The largest absolute Gasteiger partial charge is 0.347 e. The molecule has 3 aromatic rings. The van der Waals surface area contributed by atoms with E-state index in [2.05, 4.69) is 20.3 Å². The summed E-state index contributed by atoms with van der Waals surface area (Å²) in [5, 5.41) is 3.28. The normalized spacial score (nSPS) is 10.8. The Hall–Kier alpha value is -3.29. The van der Waals surface area contributed by atoms with Crippen LogP contribution in [-0.4, -0.2) is 39.5 Å². The Morgan fingerprint density at radius 3 is 2.46 bits per heavy atom. The summed E-state index contributed by atoms with van der Waals surface area (Å²) in [6, 6.07) is 7.04. The molecule has 1 amide bonds. The quantitative estimate of drug-likeness (QED) is 0.765. The van der Waals surface area contributed by atoms with Crippen LogP contribution in [0.2, 0.25) is 0 Å². The zero-order valence-electron chi connectivity index (χ0n) is 15.1. The van der Waals surface area contributed by atoms with Gasteiger partial charge in [-0.25, -0.2) is 15.0 Å². The molecule has 0 saturated carbocycles. The summed E-state index contributed by atoms with van der Waals surface area (Å²) < 4.78 is 1.29. The number of anilines is 2. The molecule has 3 rings (SSSR count). The lowest BCUT2D eigenvalue weighted by molar-refractivity contribution is -0.116. The van der Waals surface area contributed by atoms with Crippen molar-refractivity contribution in [3.8, 4) is 0 Å². The Morgan fingerprint density at radius 1 is 1.15 bits per heavy atom. The Morgan fingerprint density at radius 2 is 1.81 bits per heavy atom. The van der Waals surface area contributed by atoms with Crippen molar-refractivity contribution in [2.45, 2.75) is 20.4 Å². The molecule has 1 aromatic carbocycles. The van der Waals surface area contributed by atoms with Crippen LogP contribution >= 0.6 is 0 Å². The van der Waals surface area contributed by atoms with Crippen molar-refractivity contribution in [2.75, 3.05) is 24.3 Å². The fraction of sp³-hybridized carbons (Fsp3) is 0.278. The number of benzene rings is 1. The lowest BCUT2D eigenvalue weighted by Crippen LogP contribution is -2.28. The van der Waals surface area contributed by atoms with Gasteiger partial charge in [0.2, 0.25) is 11.9 Å². The average Bonchev–Trinajstić information content (AvgIpc) is 2.60. The number of carbonyl (C=O) groups excluding carboxylic acids is 1. The average molecular weight is 352 g/mol. The van der Waals surface area contributed by atoms with E-state index in [0.29, 0.717) is 33.9 Å². The lowest BCUT2D eigenvalue weighted by atomic mass is 10.2. The number of aryl methyl sites for hydroxylation is 2. The highest BCUT2D eigenvalue weighted by Crippen LogP contribution is 2.19. The third kappa shape index (κ3) is 3.39. The Labute approximate surface area is 150 Å². The number of carbonyl (C=O) groups is 1. The predicted molar refractivity (Wildman–Crippen MR) is 100 cm³/mol. The molecule has 1 N–H and O–H groups in total. The highest BCUT2D eigenvalue weighted by Gasteiger charge is 2.14. The summed E-state index contributed by atoms with van der Waals surface area (Å²) in [6.45, 7) is 3.48. The maximum atomic E-state index is 12.5. The Bertz CT molecular complexity index is 1020. The van der Waals surface area contributed by atoms with Crippen molar-refractivity contribution in [2.24, 2.45) is 0 Å². The molecule has 8 nitrogen and oxygen atoms in total. The van der Waals surface area contributed by atoms with Crippen LogP contribution in [0.1, 0.15) is 11.4 Å². The number of rotatable bonds is 4. The molecular weight excluding hydrogens is 332 g/mol. The summed E-state index contributed by atoms with van der Waals surface area (Å²) in [6.07, 6.45) is 1.38. The lowest BCUT2D eigenvalue weighted by Gasteiger charge is -2.16. The van der Waals surface area contributed by atoms with Gasteiger partial charge in [-0.15, -0.1) is 0 Å². The van der Waals surface area contributed by atoms with Gasteiger partial charge >= 0.3 is 0 Å². The highest BCUT2D eigenvalue weighted by molar-refractivity contribution is 5.92. The minimum atomic E-state index is -0.336. The third-order valence-electron chi connectivity index (χ3n) is 3.97. The first-order valence-electron chi connectivity index (χ1n) is 8.13. The van der Waals surface area contributed by atoms with Gasteiger partial charge in [0, 0.05) is 14.1 Å². The van der Waals surface area contributed by atoms with Gasteiger partial charge in [-0.05, 0) is 26.0 Å². The van der Waals surface area contributed by atoms with Crippen LogP contribution < -0.4 is 15.8 Å². The summed E-state index contributed by atoms with van der Waals surface area (Å²) in [4.78, 5) is 39.7. The van der Waals surface area contributed by atoms with Gasteiger partial charge in [0.25, 0.3) is 5.56 Å². The Kier molecular flexibility index (Phi) is 4.66. The molecule has 26 heavy (non-hydrogen) atoms. The van der Waals surface area contributed by atoms with Crippen LogP contribution in [0.5, 0.6) is 0 Å². The fourth-order valence-electron chi connectivity index (χ4n) is 2.63. The summed E-state index contributed by atoms with van der Waals surface area (Å²) in [5.74, 6) is 0.240. The molecule has 0 bridgehead atoms. The first kappa shape index (κ1) is 17.5. The first-order chi connectivity index (χ1) is 12.4. The van der Waals surface area contributed by atoms with Crippen LogP contribution in [0.25, 0.3) is 10.9 Å². The molecule has 0 atom stereocenters. The number of nitrogens with one attached hydrogen (secondary N) is 1. The van der Waals surface area contributed by atoms with Crippen LogP contribution in [-0.2, 0) is 11.3 Å². The van der Waals surface area contributed by atoms with Gasteiger partial charge < -0.3 is 10.2 Å².